The molecular formula is C14H13BrN2. The highest BCUT2D eigenvalue weighted by Crippen LogP contribution is 2.30. The van der Waals surface area contributed by atoms with Gasteiger partial charge < -0.3 is 5.32 Å². The van der Waals surface area contributed by atoms with Crippen LogP contribution < -0.4 is 5.32 Å². The third kappa shape index (κ3) is 2.20. The van der Waals surface area contributed by atoms with Crippen molar-refractivity contribution in [3.63, 3.8) is 0 Å². The van der Waals surface area contributed by atoms with Gasteiger partial charge >= 0.3 is 0 Å². The quantitative estimate of drug-likeness (QED) is 0.867. The summed E-state index contributed by atoms with van der Waals surface area (Å²) >= 11 is 3.48. The molecule has 0 radical (unpaired) electrons. The van der Waals surface area contributed by atoms with Crippen molar-refractivity contribution in [1.29, 1.82) is 0 Å². The Morgan fingerprint density at radius 1 is 1.24 bits per heavy atom. The van der Waals surface area contributed by atoms with Crippen molar-refractivity contribution in [3.05, 3.63) is 58.2 Å². The zero-order valence-electron chi connectivity index (χ0n) is 9.36. The average molecular weight is 289 g/mol. The Balaban J connectivity index is 1.90. The predicted octanol–water partition coefficient (Wildman–Crippen LogP) is 3.60. The highest BCUT2D eigenvalue weighted by molar-refractivity contribution is 9.10. The summed E-state index contributed by atoms with van der Waals surface area (Å²) in [7, 11) is 0. The molecule has 0 saturated carbocycles. The van der Waals surface area contributed by atoms with Gasteiger partial charge in [-0.1, -0.05) is 30.3 Å². The lowest BCUT2D eigenvalue weighted by molar-refractivity contribution is 0.688. The number of halogens is 1. The van der Waals surface area contributed by atoms with Crippen LogP contribution in [0.1, 0.15) is 17.0 Å². The molecule has 0 saturated heterocycles. The summed E-state index contributed by atoms with van der Waals surface area (Å²) in [5, 5.41) is 3.41. The van der Waals surface area contributed by atoms with Crippen molar-refractivity contribution >= 4 is 21.7 Å². The molecule has 1 atom stereocenters. The highest BCUT2D eigenvalue weighted by atomic mass is 79.9. The molecule has 1 aromatic carbocycles. The molecule has 1 aliphatic heterocycles. The number of pyridine rings is 1. The number of nitrogens with one attached hydrogen (secondary N) is 1. The molecule has 3 rings (SSSR count). The maximum Gasteiger partial charge on any atom is 0.129 e. The Morgan fingerprint density at radius 3 is 2.88 bits per heavy atom. The summed E-state index contributed by atoms with van der Waals surface area (Å²) in [5.41, 5.74) is 2.69. The molecule has 0 bridgehead atoms. The van der Waals surface area contributed by atoms with Gasteiger partial charge in [-0.25, -0.2) is 4.98 Å². The van der Waals surface area contributed by atoms with Crippen LogP contribution in [0.3, 0.4) is 0 Å². The molecule has 2 nitrogen and oxygen atoms in total. The fourth-order valence-corrected chi connectivity index (χ4v) is 2.69. The smallest absolute Gasteiger partial charge is 0.129 e. The van der Waals surface area contributed by atoms with Gasteiger partial charge in [-0.3, -0.25) is 0 Å². The molecule has 1 aromatic heterocycles. The molecule has 86 valence electrons. The van der Waals surface area contributed by atoms with E-state index in [1.54, 1.807) is 0 Å². The topological polar surface area (TPSA) is 24.9 Å². The second-order valence-electron chi connectivity index (χ2n) is 4.35. The summed E-state index contributed by atoms with van der Waals surface area (Å²) in [6.45, 7) is 0.964. The number of fused-ring (bicyclic) bond motifs is 1. The lowest BCUT2D eigenvalue weighted by Gasteiger charge is -2.25. The summed E-state index contributed by atoms with van der Waals surface area (Å²) in [5.74, 6) is 1.57. The SMILES string of the molecule is Brc1cnc2c(c1)CC(c1ccccc1)CN2. The molecule has 2 aromatic rings. The zero-order chi connectivity index (χ0) is 11.7. The number of aromatic nitrogens is 1. The zero-order valence-corrected chi connectivity index (χ0v) is 10.9. The van der Waals surface area contributed by atoms with E-state index in [1.807, 2.05) is 6.20 Å². The maximum absolute atomic E-state index is 4.39. The third-order valence-corrected chi connectivity index (χ3v) is 3.62. The van der Waals surface area contributed by atoms with Crippen molar-refractivity contribution < 1.29 is 0 Å². The van der Waals surface area contributed by atoms with Crippen molar-refractivity contribution in [2.45, 2.75) is 12.3 Å². The Bertz CT molecular complexity index is 525. The van der Waals surface area contributed by atoms with Crippen molar-refractivity contribution in [2.24, 2.45) is 0 Å². The molecule has 0 fully saturated rings. The average Bonchev–Trinajstić information content (AvgIpc) is 2.39. The van der Waals surface area contributed by atoms with E-state index in [-0.39, 0.29) is 0 Å². The molecule has 1 N–H and O–H groups in total. The normalized spacial score (nSPS) is 18.3. The minimum Gasteiger partial charge on any atom is -0.369 e. The Morgan fingerprint density at radius 2 is 2.06 bits per heavy atom. The molecule has 2 heterocycles. The van der Waals surface area contributed by atoms with Gasteiger partial charge in [0.25, 0.3) is 0 Å². The van der Waals surface area contributed by atoms with Gasteiger partial charge in [0.05, 0.1) is 0 Å². The minimum absolute atomic E-state index is 0.541. The number of rotatable bonds is 1. The van der Waals surface area contributed by atoms with E-state index in [0.29, 0.717) is 5.92 Å². The van der Waals surface area contributed by atoms with Crippen LogP contribution >= 0.6 is 15.9 Å². The van der Waals surface area contributed by atoms with Gasteiger partial charge in [0.1, 0.15) is 5.82 Å². The number of nitrogens with zero attached hydrogens (tertiary/aromatic N) is 1. The first kappa shape index (κ1) is 10.8. The molecule has 1 aliphatic rings. The van der Waals surface area contributed by atoms with Gasteiger partial charge in [0.15, 0.2) is 0 Å². The summed E-state index contributed by atoms with van der Waals surface area (Å²) in [6, 6.07) is 12.8. The minimum atomic E-state index is 0.541. The first-order valence-corrected chi connectivity index (χ1v) is 6.55. The lowest BCUT2D eigenvalue weighted by Crippen LogP contribution is -2.22. The molecule has 0 spiro atoms. The summed E-state index contributed by atoms with van der Waals surface area (Å²) in [4.78, 5) is 4.39. The Kier molecular flexibility index (Phi) is 2.85. The van der Waals surface area contributed by atoms with Crippen LogP contribution in [-0.2, 0) is 6.42 Å². The van der Waals surface area contributed by atoms with Gasteiger partial charge in [-0.05, 0) is 39.5 Å². The van der Waals surface area contributed by atoms with Crippen molar-refractivity contribution in [1.82, 2.24) is 4.98 Å². The first-order chi connectivity index (χ1) is 8.33. The summed E-state index contributed by atoms with van der Waals surface area (Å²) in [6.07, 6.45) is 2.90. The maximum atomic E-state index is 4.39. The van der Waals surface area contributed by atoms with Crippen LogP contribution in [0.15, 0.2) is 47.1 Å². The van der Waals surface area contributed by atoms with Gasteiger partial charge in [-0.2, -0.15) is 0 Å². The van der Waals surface area contributed by atoms with E-state index in [2.05, 4.69) is 62.6 Å². The fourth-order valence-electron chi connectivity index (χ4n) is 2.31. The van der Waals surface area contributed by atoms with Crippen molar-refractivity contribution in [2.75, 3.05) is 11.9 Å². The number of benzene rings is 1. The molecule has 3 heteroatoms. The van der Waals surface area contributed by atoms with E-state index in [1.165, 1.54) is 11.1 Å². The number of hydrogen-bond donors (Lipinski definition) is 1. The molecule has 17 heavy (non-hydrogen) atoms. The monoisotopic (exact) mass is 288 g/mol. The fraction of sp³-hybridized carbons (Fsp3) is 0.214. The van der Waals surface area contributed by atoms with Gasteiger partial charge in [0.2, 0.25) is 0 Å². The first-order valence-electron chi connectivity index (χ1n) is 5.76. The van der Waals surface area contributed by atoms with E-state index >= 15 is 0 Å². The lowest BCUT2D eigenvalue weighted by atomic mass is 9.90. The van der Waals surface area contributed by atoms with Crippen LogP contribution in [0, 0.1) is 0 Å². The number of hydrogen-bond acceptors (Lipinski definition) is 2. The Labute approximate surface area is 109 Å². The van der Waals surface area contributed by atoms with Crippen LogP contribution in [0.2, 0.25) is 0 Å². The van der Waals surface area contributed by atoms with E-state index in [0.717, 1.165) is 23.3 Å². The predicted molar refractivity (Wildman–Crippen MR) is 73.3 cm³/mol. The standard InChI is InChI=1S/C14H13BrN2/c15-13-7-11-6-12(8-16-14(11)17-9-13)10-4-2-1-3-5-10/h1-5,7,9,12H,6,8H2,(H,16,17). The molecule has 1 unspecified atom stereocenters. The van der Waals surface area contributed by atoms with E-state index in [4.69, 9.17) is 0 Å². The van der Waals surface area contributed by atoms with Crippen LogP contribution in [0.5, 0.6) is 0 Å². The molecular weight excluding hydrogens is 276 g/mol. The van der Waals surface area contributed by atoms with Crippen LogP contribution in [-0.4, -0.2) is 11.5 Å². The van der Waals surface area contributed by atoms with Crippen LogP contribution in [0.4, 0.5) is 5.82 Å². The van der Waals surface area contributed by atoms with E-state index in [9.17, 15) is 0 Å². The summed E-state index contributed by atoms with van der Waals surface area (Å²) < 4.78 is 1.05. The Hall–Kier alpha value is -1.35. The van der Waals surface area contributed by atoms with E-state index < -0.39 is 0 Å². The van der Waals surface area contributed by atoms with Gasteiger partial charge in [0, 0.05) is 23.1 Å². The molecule has 0 amide bonds. The second kappa shape index (κ2) is 4.49. The highest BCUT2D eigenvalue weighted by Gasteiger charge is 2.20. The molecule has 0 aliphatic carbocycles. The van der Waals surface area contributed by atoms with Crippen LogP contribution in [0.25, 0.3) is 0 Å². The van der Waals surface area contributed by atoms with Gasteiger partial charge in [-0.15, -0.1) is 0 Å². The number of anilines is 1. The second-order valence-corrected chi connectivity index (χ2v) is 5.27. The largest absolute Gasteiger partial charge is 0.369 e. The third-order valence-electron chi connectivity index (χ3n) is 3.19. The van der Waals surface area contributed by atoms with Crippen molar-refractivity contribution in [3.8, 4) is 0 Å².